The summed E-state index contributed by atoms with van der Waals surface area (Å²) in [6, 6.07) is 1.53. The summed E-state index contributed by atoms with van der Waals surface area (Å²) in [5.74, 6) is 1.41. The summed E-state index contributed by atoms with van der Waals surface area (Å²) < 4.78 is 47.5. The van der Waals surface area contributed by atoms with Crippen molar-refractivity contribution >= 4 is 11.0 Å². The van der Waals surface area contributed by atoms with Crippen molar-refractivity contribution in [3.8, 4) is 11.3 Å². The molecule has 4 heterocycles. The molecule has 0 atom stereocenters. The Morgan fingerprint density at radius 1 is 1.26 bits per heavy atom. The maximum atomic E-state index is 13.3. The van der Waals surface area contributed by atoms with Crippen LogP contribution >= 0.6 is 0 Å². The number of hydrogen-bond donors (Lipinski definition) is 1. The molecular formula is C22H24F3N5O. The van der Waals surface area contributed by atoms with Gasteiger partial charge >= 0.3 is 6.18 Å². The van der Waals surface area contributed by atoms with Crippen LogP contribution in [0.3, 0.4) is 0 Å². The molecule has 0 radical (unpaired) electrons. The Balaban J connectivity index is 1.41. The molecule has 0 unspecified atom stereocenters. The fourth-order valence-corrected chi connectivity index (χ4v) is 4.08. The zero-order valence-corrected chi connectivity index (χ0v) is 17.1. The van der Waals surface area contributed by atoms with E-state index in [9.17, 15) is 13.2 Å². The lowest BCUT2D eigenvalue weighted by Crippen LogP contribution is -2.35. The van der Waals surface area contributed by atoms with Gasteiger partial charge in [-0.1, -0.05) is 6.58 Å². The molecule has 1 N–H and O–H groups in total. The second-order valence-electron chi connectivity index (χ2n) is 8.19. The van der Waals surface area contributed by atoms with Crippen LogP contribution in [-0.4, -0.2) is 50.7 Å². The fraction of sp³-hybridized carbons (Fsp3) is 0.455. The highest BCUT2D eigenvalue weighted by molar-refractivity contribution is 5.84. The number of morpholine rings is 1. The molecule has 3 aromatic heterocycles. The summed E-state index contributed by atoms with van der Waals surface area (Å²) in [6.45, 7) is 8.11. The molecule has 3 aromatic rings. The normalized spacial score (nSPS) is 17.5. The minimum absolute atomic E-state index is 0.0632. The predicted octanol–water partition coefficient (Wildman–Crippen LogP) is 4.56. The van der Waals surface area contributed by atoms with Crippen molar-refractivity contribution < 1.29 is 17.9 Å². The first-order chi connectivity index (χ1) is 14.9. The van der Waals surface area contributed by atoms with E-state index in [-0.39, 0.29) is 11.0 Å². The van der Waals surface area contributed by atoms with E-state index in [0.29, 0.717) is 17.2 Å². The van der Waals surface area contributed by atoms with Gasteiger partial charge in [-0.3, -0.25) is 0 Å². The van der Waals surface area contributed by atoms with Crippen LogP contribution in [0.5, 0.6) is 0 Å². The van der Waals surface area contributed by atoms with Gasteiger partial charge in [-0.05, 0) is 18.9 Å². The smallest absolute Gasteiger partial charge is 0.378 e. The molecule has 0 spiro atoms. The van der Waals surface area contributed by atoms with Crippen LogP contribution in [0.15, 0.2) is 36.9 Å². The molecule has 1 saturated heterocycles. The van der Waals surface area contributed by atoms with Gasteiger partial charge in [0.05, 0.1) is 24.5 Å². The molecule has 1 aliphatic heterocycles. The van der Waals surface area contributed by atoms with E-state index < -0.39 is 11.7 Å². The number of alkyl halides is 3. The fourth-order valence-electron chi connectivity index (χ4n) is 4.08. The number of pyridine rings is 1. The summed E-state index contributed by atoms with van der Waals surface area (Å²) in [6.07, 6.45) is 3.02. The van der Waals surface area contributed by atoms with E-state index in [0.717, 1.165) is 69.8 Å². The third-order valence-electron chi connectivity index (χ3n) is 5.98. The first-order valence-corrected chi connectivity index (χ1v) is 10.5. The van der Waals surface area contributed by atoms with Crippen LogP contribution in [0, 0.1) is 0 Å². The number of nitrogens with one attached hydrogen (secondary N) is 1. The van der Waals surface area contributed by atoms with E-state index in [1.807, 2.05) is 6.20 Å². The molecule has 0 bridgehead atoms. The number of H-pyrrole nitrogens is 1. The molecule has 9 heteroatoms. The van der Waals surface area contributed by atoms with Crippen LogP contribution in [0.1, 0.15) is 36.6 Å². The van der Waals surface area contributed by atoms with E-state index in [2.05, 4.69) is 26.0 Å². The van der Waals surface area contributed by atoms with Crippen LogP contribution in [0.2, 0.25) is 0 Å². The summed E-state index contributed by atoms with van der Waals surface area (Å²) in [5.41, 5.74) is 1.83. The number of aromatic amines is 1. The number of aromatic nitrogens is 4. The average molecular weight is 431 g/mol. The van der Waals surface area contributed by atoms with Crippen LogP contribution in [0.4, 0.5) is 13.2 Å². The number of ether oxygens (including phenoxy) is 1. The van der Waals surface area contributed by atoms with Crippen molar-refractivity contribution in [1.82, 2.24) is 24.4 Å². The Kier molecular flexibility index (Phi) is 5.00. The summed E-state index contributed by atoms with van der Waals surface area (Å²) in [4.78, 5) is 13.8. The van der Waals surface area contributed by atoms with Crippen LogP contribution < -0.4 is 0 Å². The topological polar surface area (TPSA) is 59.0 Å². The van der Waals surface area contributed by atoms with Crippen molar-refractivity contribution in [3.05, 3.63) is 48.3 Å². The largest absolute Gasteiger partial charge is 0.418 e. The number of rotatable bonds is 6. The second-order valence-corrected chi connectivity index (χ2v) is 8.19. The van der Waals surface area contributed by atoms with Gasteiger partial charge in [-0.15, -0.1) is 0 Å². The second kappa shape index (κ2) is 7.71. The summed E-state index contributed by atoms with van der Waals surface area (Å²) in [7, 11) is 0. The van der Waals surface area contributed by atoms with Gasteiger partial charge in [0, 0.05) is 67.2 Å². The first-order valence-electron chi connectivity index (χ1n) is 10.5. The first kappa shape index (κ1) is 20.1. The zero-order chi connectivity index (χ0) is 21.6. The third-order valence-corrected chi connectivity index (χ3v) is 5.98. The highest BCUT2D eigenvalue weighted by Gasteiger charge is 2.34. The quantitative estimate of drug-likeness (QED) is 0.622. The average Bonchev–Trinajstić information content (AvgIpc) is 3.36. The maximum Gasteiger partial charge on any atom is 0.418 e. The van der Waals surface area contributed by atoms with E-state index in [1.165, 1.54) is 6.07 Å². The van der Waals surface area contributed by atoms with Crippen LogP contribution in [-0.2, 0) is 17.5 Å². The lowest BCUT2D eigenvalue weighted by Gasteiger charge is -2.30. The Hall–Kier alpha value is -2.81. The minimum Gasteiger partial charge on any atom is -0.378 e. The molecular weight excluding hydrogens is 407 g/mol. The highest BCUT2D eigenvalue weighted by atomic mass is 19.4. The number of hydrogen-bond acceptors (Lipinski definition) is 4. The number of allylic oxidation sites excluding steroid dienone is 1. The lowest BCUT2D eigenvalue weighted by atomic mass is 10.1. The molecule has 0 aromatic carbocycles. The molecule has 2 fully saturated rings. The van der Waals surface area contributed by atoms with E-state index in [4.69, 9.17) is 9.72 Å². The van der Waals surface area contributed by atoms with E-state index >= 15 is 0 Å². The molecule has 2 aliphatic rings. The number of nitrogens with zero attached hydrogens (tertiary/aromatic N) is 4. The maximum absolute atomic E-state index is 13.3. The van der Waals surface area contributed by atoms with Crippen molar-refractivity contribution in [2.75, 3.05) is 26.3 Å². The van der Waals surface area contributed by atoms with Gasteiger partial charge < -0.3 is 19.2 Å². The van der Waals surface area contributed by atoms with Gasteiger partial charge in [-0.2, -0.15) is 13.2 Å². The lowest BCUT2D eigenvalue weighted by molar-refractivity contribution is -0.136. The van der Waals surface area contributed by atoms with Crippen molar-refractivity contribution in [1.29, 1.82) is 0 Å². The Labute approximate surface area is 177 Å². The SMILES string of the molecule is C=C(CCn1cc(-c2cnc3[nH]cc(C(F)(F)F)c3c2)nc1C1CC1)N1CCOCC1. The van der Waals surface area contributed by atoms with E-state index in [1.54, 1.807) is 6.20 Å². The molecule has 164 valence electrons. The Morgan fingerprint density at radius 2 is 2.03 bits per heavy atom. The summed E-state index contributed by atoms with van der Waals surface area (Å²) in [5, 5.41) is 0.0632. The third kappa shape index (κ3) is 4.06. The van der Waals surface area contributed by atoms with Gasteiger partial charge in [0.25, 0.3) is 0 Å². The van der Waals surface area contributed by atoms with Crippen LogP contribution in [0.25, 0.3) is 22.3 Å². The number of aryl methyl sites for hydroxylation is 1. The van der Waals surface area contributed by atoms with Crippen molar-refractivity contribution in [2.45, 2.75) is 37.9 Å². The van der Waals surface area contributed by atoms with Gasteiger partial charge in [0.15, 0.2) is 0 Å². The predicted molar refractivity (Wildman–Crippen MR) is 110 cm³/mol. The molecule has 5 rings (SSSR count). The van der Waals surface area contributed by atoms with Gasteiger partial charge in [0.1, 0.15) is 11.5 Å². The van der Waals surface area contributed by atoms with Crippen molar-refractivity contribution in [2.24, 2.45) is 0 Å². The number of fused-ring (bicyclic) bond motifs is 1. The summed E-state index contributed by atoms with van der Waals surface area (Å²) >= 11 is 0. The molecule has 31 heavy (non-hydrogen) atoms. The standard InChI is InChI=1S/C22H24F3N5O/c1-14(29-6-8-31-9-7-29)4-5-30-13-19(28-21(30)15-2-3-15)16-10-17-18(22(23,24)25)12-27-20(17)26-11-16/h10-13,15H,1-9H2,(H,26,27). The molecule has 0 amide bonds. The van der Waals surface area contributed by atoms with Gasteiger partial charge in [0.2, 0.25) is 0 Å². The monoisotopic (exact) mass is 431 g/mol. The minimum atomic E-state index is -4.43. The Bertz CT molecular complexity index is 1110. The highest BCUT2D eigenvalue weighted by Crippen LogP contribution is 2.41. The van der Waals surface area contributed by atoms with Crippen molar-refractivity contribution in [3.63, 3.8) is 0 Å². The number of imidazole rings is 1. The molecule has 1 saturated carbocycles. The molecule has 1 aliphatic carbocycles. The van der Waals surface area contributed by atoms with Gasteiger partial charge in [-0.25, -0.2) is 9.97 Å². The zero-order valence-electron chi connectivity index (χ0n) is 17.1. The molecule has 6 nitrogen and oxygen atoms in total. The number of halogens is 3. The Morgan fingerprint density at radius 3 is 2.74 bits per heavy atom.